The smallest absolute Gasteiger partial charge is 0.254 e. The van der Waals surface area contributed by atoms with Crippen molar-refractivity contribution < 1.29 is 9.53 Å². The Morgan fingerprint density at radius 3 is 2.17 bits per heavy atom. The van der Waals surface area contributed by atoms with Crippen LogP contribution in [-0.4, -0.2) is 23.9 Å². The van der Waals surface area contributed by atoms with Crippen molar-refractivity contribution in [2.24, 2.45) is 0 Å². The fourth-order valence-corrected chi connectivity index (χ4v) is 2.56. The number of nitrogens with zero attached hydrogens (tertiary/aromatic N) is 1. The molecule has 3 nitrogen and oxygen atoms in total. The molecular formula is C20H25NO2. The van der Waals surface area contributed by atoms with Crippen molar-refractivity contribution >= 4 is 5.91 Å². The van der Waals surface area contributed by atoms with Gasteiger partial charge in [0.2, 0.25) is 0 Å². The van der Waals surface area contributed by atoms with E-state index in [-0.39, 0.29) is 5.91 Å². The summed E-state index contributed by atoms with van der Waals surface area (Å²) in [5.74, 6) is 0.912. The summed E-state index contributed by atoms with van der Waals surface area (Å²) in [6.45, 7) is 6.18. The predicted octanol–water partition coefficient (Wildman–Crippen LogP) is 4.53. The van der Waals surface area contributed by atoms with Gasteiger partial charge in [0, 0.05) is 24.2 Å². The van der Waals surface area contributed by atoms with Crippen molar-refractivity contribution in [3.05, 3.63) is 65.7 Å². The highest BCUT2D eigenvalue weighted by Gasteiger charge is 2.17. The summed E-state index contributed by atoms with van der Waals surface area (Å²) >= 11 is 0. The van der Waals surface area contributed by atoms with Crippen LogP contribution in [0.15, 0.2) is 54.6 Å². The van der Waals surface area contributed by atoms with Crippen LogP contribution < -0.4 is 4.74 Å². The second-order valence-electron chi connectivity index (χ2n) is 5.55. The Kier molecular flexibility index (Phi) is 6.67. The molecule has 0 saturated heterocycles. The van der Waals surface area contributed by atoms with E-state index < -0.39 is 0 Å². The number of para-hydroxylation sites is 1. The molecule has 0 atom stereocenters. The first-order valence-corrected chi connectivity index (χ1v) is 8.31. The topological polar surface area (TPSA) is 29.5 Å². The van der Waals surface area contributed by atoms with Gasteiger partial charge in [-0.05, 0) is 31.0 Å². The van der Waals surface area contributed by atoms with Crippen LogP contribution in [0, 0.1) is 0 Å². The molecular weight excluding hydrogens is 286 g/mol. The zero-order chi connectivity index (χ0) is 16.5. The third kappa shape index (κ3) is 4.85. The van der Waals surface area contributed by atoms with Gasteiger partial charge in [0.15, 0.2) is 0 Å². The van der Waals surface area contributed by atoms with E-state index in [0.29, 0.717) is 6.61 Å². The first-order chi connectivity index (χ1) is 11.3. The van der Waals surface area contributed by atoms with Crippen molar-refractivity contribution in [1.29, 1.82) is 0 Å². The zero-order valence-electron chi connectivity index (χ0n) is 14.0. The molecule has 0 spiro atoms. The molecule has 1 amide bonds. The van der Waals surface area contributed by atoms with Crippen LogP contribution in [0.4, 0.5) is 0 Å². The van der Waals surface area contributed by atoms with E-state index >= 15 is 0 Å². The van der Waals surface area contributed by atoms with Gasteiger partial charge >= 0.3 is 0 Å². The lowest BCUT2D eigenvalue weighted by Crippen LogP contribution is -2.33. The number of rotatable bonds is 8. The SMILES string of the molecule is CCCN(CCC)C(=O)c1ccccc1COc1ccccc1. The molecule has 2 rings (SSSR count). The van der Waals surface area contributed by atoms with E-state index in [4.69, 9.17) is 4.74 Å². The number of carbonyl (C=O) groups excluding carboxylic acids is 1. The number of hydrogen-bond donors (Lipinski definition) is 0. The summed E-state index contributed by atoms with van der Waals surface area (Å²) in [6.07, 6.45) is 1.93. The molecule has 0 saturated carbocycles. The van der Waals surface area contributed by atoms with Gasteiger partial charge in [0.25, 0.3) is 5.91 Å². The van der Waals surface area contributed by atoms with E-state index in [1.165, 1.54) is 0 Å². The van der Waals surface area contributed by atoms with Crippen molar-refractivity contribution in [3.63, 3.8) is 0 Å². The molecule has 0 aromatic heterocycles. The summed E-state index contributed by atoms with van der Waals surface area (Å²) in [5, 5.41) is 0. The first kappa shape index (κ1) is 17.1. The number of benzene rings is 2. The van der Waals surface area contributed by atoms with Crippen molar-refractivity contribution in [2.45, 2.75) is 33.3 Å². The Morgan fingerprint density at radius 2 is 1.52 bits per heavy atom. The van der Waals surface area contributed by atoms with Crippen molar-refractivity contribution in [1.82, 2.24) is 4.90 Å². The van der Waals surface area contributed by atoms with Gasteiger partial charge < -0.3 is 9.64 Å². The standard InChI is InChI=1S/C20H25NO2/c1-3-14-21(15-4-2)20(22)19-13-9-8-10-17(19)16-23-18-11-6-5-7-12-18/h5-13H,3-4,14-16H2,1-2H3. The largest absolute Gasteiger partial charge is 0.489 e. The van der Waals surface area contributed by atoms with E-state index in [9.17, 15) is 4.79 Å². The molecule has 122 valence electrons. The third-order valence-electron chi connectivity index (χ3n) is 3.66. The summed E-state index contributed by atoms with van der Waals surface area (Å²) in [6, 6.07) is 17.4. The van der Waals surface area contributed by atoms with Gasteiger partial charge in [-0.3, -0.25) is 4.79 Å². The maximum atomic E-state index is 12.8. The van der Waals surface area contributed by atoms with E-state index in [2.05, 4.69) is 13.8 Å². The minimum Gasteiger partial charge on any atom is -0.489 e. The molecule has 23 heavy (non-hydrogen) atoms. The van der Waals surface area contributed by atoms with E-state index in [1.54, 1.807) is 0 Å². The van der Waals surface area contributed by atoms with Gasteiger partial charge in [0.1, 0.15) is 12.4 Å². The highest BCUT2D eigenvalue weighted by Crippen LogP contribution is 2.16. The van der Waals surface area contributed by atoms with Gasteiger partial charge in [-0.25, -0.2) is 0 Å². The molecule has 2 aromatic rings. The van der Waals surface area contributed by atoms with Crippen LogP contribution >= 0.6 is 0 Å². The molecule has 3 heteroatoms. The van der Waals surface area contributed by atoms with Gasteiger partial charge in [0.05, 0.1) is 0 Å². The van der Waals surface area contributed by atoms with Gasteiger partial charge in [-0.2, -0.15) is 0 Å². The molecule has 0 fully saturated rings. The molecule has 0 radical (unpaired) electrons. The number of amides is 1. The zero-order valence-corrected chi connectivity index (χ0v) is 14.0. The molecule has 0 heterocycles. The van der Waals surface area contributed by atoms with Crippen LogP contribution in [0.25, 0.3) is 0 Å². The molecule has 0 bridgehead atoms. The maximum Gasteiger partial charge on any atom is 0.254 e. The lowest BCUT2D eigenvalue weighted by atomic mass is 10.1. The molecule has 0 unspecified atom stereocenters. The number of ether oxygens (including phenoxy) is 1. The monoisotopic (exact) mass is 311 g/mol. The fraction of sp³-hybridized carbons (Fsp3) is 0.350. The Labute approximate surface area is 138 Å². The van der Waals surface area contributed by atoms with Crippen LogP contribution in [-0.2, 0) is 6.61 Å². The van der Waals surface area contributed by atoms with Crippen LogP contribution in [0.1, 0.15) is 42.6 Å². The summed E-state index contributed by atoms with van der Waals surface area (Å²) in [4.78, 5) is 14.8. The normalized spacial score (nSPS) is 10.3. The number of hydrogen-bond acceptors (Lipinski definition) is 2. The quantitative estimate of drug-likeness (QED) is 0.717. The average Bonchev–Trinajstić information content (AvgIpc) is 2.60. The summed E-state index contributed by atoms with van der Waals surface area (Å²) < 4.78 is 5.81. The van der Waals surface area contributed by atoms with E-state index in [1.807, 2.05) is 59.5 Å². The second kappa shape index (κ2) is 8.99. The van der Waals surface area contributed by atoms with Crippen molar-refractivity contribution in [2.75, 3.05) is 13.1 Å². The van der Waals surface area contributed by atoms with Crippen LogP contribution in [0.3, 0.4) is 0 Å². The third-order valence-corrected chi connectivity index (χ3v) is 3.66. The molecule has 2 aromatic carbocycles. The molecule has 0 aliphatic carbocycles. The predicted molar refractivity (Wildman–Crippen MR) is 93.7 cm³/mol. The lowest BCUT2D eigenvalue weighted by molar-refractivity contribution is 0.0753. The van der Waals surface area contributed by atoms with Gasteiger partial charge in [-0.15, -0.1) is 0 Å². The minimum atomic E-state index is 0.0981. The summed E-state index contributed by atoms with van der Waals surface area (Å²) in [7, 11) is 0. The minimum absolute atomic E-state index is 0.0981. The number of carbonyl (C=O) groups is 1. The van der Waals surface area contributed by atoms with Crippen molar-refractivity contribution in [3.8, 4) is 5.75 Å². The highest BCUT2D eigenvalue weighted by atomic mass is 16.5. The van der Waals surface area contributed by atoms with E-state index in [0.717, 1.165) is 42.8 Å². The van der Waals surface area contributed by atoms with Crippen LogP contribution in [0.5, 0.6) is 5.75 Å². The Balaban J connectivity index is 2.14. The Morgan fingerprint density at radius 1 is 0.913 bits per heavy atom. The first-order valence-electron chi connectivity index (χ1n) is 8.31. The maximum absolute atomic E-state index is 12.8. The highest BCUT2D eigenvalue weighted by molar-refractivity contribution is 5.95. The average molecular weight is 311 g/mol. The Bertz CT molecular complexity index is 604. The second-order valence-corrected chi connectivity index (χ2v) is 5.55. The molecule has 0 aliphatic rings. The van der Waals surface area contributed by atoms with Gasteiger partial charge in [-0.1, -0.05) is 50.2 Å². The lowest BCUT2D eigenvalue weighted by Gasteiger charge is -2.23. The van der Waals surface area contributed by atoms with Crippen LogP contribution in [0.2, 0.25) is 0 Å². The fourth-order valence-electron chi connectivity index (χ4n) is 2.56. The summed E-state index contributed by atoms with van der Waals surface area (Å²) in [5.41, 5.74) is 1.67. The molecule has 0 N–H and O–H groups in total. The molecule has 0 aliphatic heterocycles. The Hall–Kier alpha value is -2.29.